The Kier molecular flexibility index (Phi) is 3.60. The number of nitrogens with one attached hydrogen (secondary N) is 1. The number of furan rings is 1. The van der Waals surface area contributed by atoms with E-state index in [-0.39, 0.29) is 12.0 Å². The third-order valence-electron chi connectivity index (χ3n) is 3.53. The number of hydrogen-bond acceptors (Lipinski definition) is 4. The molecule has 106 valence electrons. The first-order valence-corrected chi connectivity index (χ1v) is 6.73. The van der Waals surface area contributed by atoms with E-state index in [1.165, 1.54) is 0 Å². The molecule has 1 N–H and O–H groups in total. The summed E-state index contributed by atoms with van der Waals surface area (Å²) in [5, 5.41) is 3.75. The molecule has 1 atom stereocenters. The number of benzene rings is 1. The summed E-state index contributed by atoms with van der Waals surface area (Å²) in [6, 6.07) is 5.27. The van der Waals surface area contributed by atoms with E-state index < -0.39 is 0 Å². The smallest absolute Gasteiger partial charge is 0.251 e. The molecular weight excluding hydrogens is 258 g/mol. The Labute approximate surface area is 116 Å². The van der Waals surface area contributed by atoms with Gasteiger partial charge in [0, 0.05) is 18.7 Å². The van der Waals surface area contributed by atoms with Crippen LogP contribution in [-0.4, -0.2) is 32.3 Å². The van der Waals surface area contributed by atoms with Crippen molar-refractivity contribution < 1.29 is 18.7 Å². The van der Waals surface area contributed by atoms with E-state index in [9.17, 15) is 4.79 Å². The second-order valence-electron chi connectivity index (χ2n) is 4.86. The van der Waals surface area contributed by atoms with Gasteiger partial charge in [0.1, 0.15) is 11.3 Å². The number of carbonyl (C=O) groups excluding carboxylic acids is 1. The zero-order valence-corrected chi connectivity index (χ0v) is 11.3. The van der Waals surface area contributed by atoms with Crippen LogP contribution in [0, 0.1) is 0 Å². The number of methoxy groups -OCH3 is 1. The summed E-state index contributed by atoms with van der Waals surface area (Å²) in [6.07, 6.45) is 3.78. The van der Waals surface area contributed by atoms with E-state index in [4.69, 9.17) is 13.9 Å². The highest BCUT2D eigenvalue weighted by Crippen LogP contribution is 2.28. The molecule has 20 heavy (non-hydrogen) atoms. The van der Waals surface area contributed by atoms with Gasteiger partial charge in [-0.3, -0.25) is 4.79 Å². The molecule has 5 heteroatoms. The molecule has 1 aliphatic heterocycles. The molecule has 1 fully saturated rings. The van der Waals surface area contributed by atoms with Crippen molar-refractivity contribution in [1.82, 2.24) is 5.32 Å². The minimum Gasteiger partial charge on any atom is -0.496 e. The van der Waals surface area contributed by atoms with Crippen molar-refractivity contribution in [2.24, 2.45) is 0 Å². The van der Waals surface area contributed by atoms with E-state index in [0.717, 1.165) is 24.8 Å². The minimum absolute atomic E-state index is 0.133. The van der Waals surface area contributed by atoms with Gasteiger partial charge in [0.05, 0.1) is 24.9 Å². The first-order chi connectivity index (χ1) is 9.78. The molecule has 1 aromatic heterocycles. The number of carbonyl (C=O) groups is 1. The Hall–Kier alpha value is -2.01. The summed E-state index contributed by atoms with van der Waals surface area (Å²) in [4.78, 5) is 12.2. The fraction of sp³-hybridized carbons (Fsp3) is 0.400. The Morgan fingerprint density at radius 3 is 3.15 bits per heavy atom. The van der Waals surface area contributed by atoms with E-state index in [2.05, 4.69) is 5.32 Å². The average molecular weight is 275 g/mol. The fourth-order valence-electron chi connectivity index (χ4n) is 2.45. The van der Waals surface area contributed by atoms with Gasteiger partial charge >= 0.3 is 0 Å². The summed E-state index contributed by atoms with van der Waals surface area (Å²) in [7, 11) is 1.58. The van der Waals surface area contributed by atoms with Crippen molar-refractivity contribution in [3.05, 3.63) is 30.0 Å². The van der Waals surface area contributed by atoms with Crippen LogP contribution in [0.15, 0.2) is 28.9 Å². The van der Waals surface area contributed by atoms with Gasteiger partial charge in [0.2, 0.25) is 0 Å². The van der Waals surface area contributed by atoms with Crippen molar-refractivity contribution in [2.45, 2.75) is 18.9 Å². The van der Waals surface area contributed by atoms with Gasteiger partial charge < -0.3 is 19.2 Å². The predicted octanol–water partition coefficient (Wildman–Crippen LogP) is 2.35. The molecule has 3 rings (SSSR count). The van der Waals surface area contributed by atoms with Gasteiger partial charge in [0.15, 0.2) is 0 Å². The first-order valence-electron chi connectivity index (χ1n) is 6.73. The lowest BCUT2D eigenvalue weighted by atomic mass is 10.1. The highest BCUT2D eigenvalue weighted by Gasteiger charge is 2.18. The van der Waals surface area contributed by atoms with E-state index in [0.29, 0.717) is 23.4 Å². The molecule has 0 unspecified atom stereocenters. The van der Waals surface area contributed by atoms with Crippen LogP contribution in [-0.2, 0) is 4.74 Å². The third-order valence-corrected chi connectivity index (χ3v) is 3.53. The molecule has 2 aromatic rings. The lowest BCUT2D eigenvalue weighted by Crippen LogP contribution is -2.31. The SMILES string of the molecule is COc1cc(C(=O)NC[C@H]2CCCO2)cc2occc12. The second kappa shape index (κ2) is 5.54. The molecule has 0 spiro atoms. The van der Waals surface area contributed by atoms with Crippen LogP contribution in [0.4, 0.5) is 0 Å². The molecule has 1 aromatic carbocycles. The van der Waals surface area contributed by atoms with Crippen molar-refractivity contribution >= 4 is 16.9 Å². The van der Waals surface area contributed by atoms with Gasteiger partial charge in [-0.2, -0.15) is 0 Å². The quantitative estimate of drug-likeness (QED) is 0.930. The number of ether oxygens (including phenoxy) is 2. The Morgan fingerprint density at radius 1 is 1.50 bits per heavy atom. The van der Waals surface area contributed by atoms with Crippen molar-refractivity contribution in [3.63, 3.8) is 0 Å². The maximum atomic E-state index is 12.2. The molecule has 2 heterocycles. The highest BCUT2D eigenvalue weighted by atomic mass is 16.5. The second-order valence-corrected chi connectivity index (χ2v) is 4.86. The van der Waals surface area contributed by atoms with Crippen molar-refractivity contribution in [2.75, 3.05) is 20.3 Å². The summed E-state index contributed by atoms with van der Waals surface area (Å²) < 4.78 is 16.1. The summed E-state index contributed by atoms with van der Waals surface area (Å²) in [5.41, 5.74) is 1.17. The zero-order chi connectivity index (χ0) is 13.9. The minimum atomic E-state index is -0.142. The zero-order valence-electron chi connectivity index (χ0n) is 11.3. The molecule has 0 bridgehead atoms. The average Bonchev–Trinajstić information content (AvgIpc) is 3.14. The van der Waals surface area contributed by atoms with E-state index in [1.54, 1.807) is 25.5 Å². The highest BCUT2D eigenvalue weighted by molar-refractivity contribution is 5.99. The summed E-state index contributed by atoms with van der Waals surface area (Å²) in [6.45, 7) is 1.32. The lowest BCUT2D eigenvalue weighted by Gasteiger charge is -2.11. The number of fused-ring (bicyclic) bond motifs is 1. The molecular formula is C15H17NO4. The molecule has 5 nitrogen and oxygen atoms in total. The molecule has 0 radical (unpaired) electrons. The van der Waals surface area contributed by atoms with Crippen molar-refractivity contribution in [3.8, 4) is 5.75 Å². The maximum absolute atomic E-state index is 12.2. The topological polar surface area (TPSA) is 60.7 Å². The van der Waals surface area contributed by atoms with Gasteiger partial charge in [0.25, 0.3) is 5.91 Å². The Balaban J connectivity index is 1.76. The fourth-order valence-corrected chi connectivity index (χ4v) is 2.45. The summed E-state index contributed by atoms with van der Waals surface area (Å²) >= 11 is 0. The maximum Gasteiger partial charge on any atom is 0.251 e. The van der Waals surface area contributed by atoms with Crippen LogP contribution in [0.2, 0.25) is 0 Å². The lowest BCUT2D eigenvalue weighted by molar-refractivity contribution is 0.0857. The van der Waals surface area contributed by atoms with Gasteiger partial charge in [-0.05, 0) is 31.0 Å². The van der Waals surface area contributed by atoms with Crippen LogP contribution in [0.1, 0.15) is 23.2 Å². The normalized spacial score (nSPS) is 18.4. The van der Waals surface area contributed by atoms with E-state index in [1.807, 2.05) is 6.07 Å². The summed E-state index contributed by atoms with van der Waals surface area (Å²) in [5.74, 6) is 0.496. The number of hydrogen-bond donors (Lipinski definition) is 1. The molecule has 1 saturated heterocycles. The number of rotatable bonds is 4. The molecule has 1 aliphatic rings. The number of amides is 1. The van der Waals surface area contributed by atoms with Crippen LogP contribution >= 0.6 is 0 Å². The molecule has 1 amide bonds. The standard InChI is InChI=1S/C15H17NO4/c1-18-13-7-10(8-14-12(13)4-6-20-14)15(17)16-9-11-3-2-5-19-11/h4,6-8,11H,2-3,5,9H2,1H3,(H,16,17)/t11-/m1/s1. The van der Waals surface area contributed by atoms with Gasteiger partial charge in [-0.15, -0.1) is 0 Å². The van der Waals surface area contributed by atoms with Crippen LogP contribution in [0.5, 0.6) is 5.75 Å². The Bertz CT molecular complexity index is 613. The van der Waals surface area contributed by atoms with E-state index >= 15 is 0 Å². The van der Waals surface area contributed by atoms with Crippen molar-refractivity contribution in [1.29, 1.82) is 0 Å². The van der Waals surface area contributed by atoms with Gasteiger partial charge in [-0.1, -0.05) is 0 Å². The van der Waals surface area contributed by atoms with Crippen LogP contribution < -0.4 is 10.1 Å². The molecule has 0 saturated carbocycles. The monoisotopic (exact) mass is 275 g/mol. The first kappa shape index (κ1) is 13.0. The largest absolute Gasteiger partial charge is 0.496 e. The van der Waals surface area contributed by atoms with Gasteiger partial charge in [-0.25, -0.2) is 0 Å². The van der Waals surface area contributed by atoms with Crippen LogP contribution in [0.3, 0.4) is 0 Å². The predicted molar refractivity (Wildman–Crippen MR) is 74.1 cm³/mol. The third kappa shape index (κ3) is 2.49. The molecule has 0 aliphatic carbocycles. The Morgan fingerprint density at radius 2 is 2.40 bits per heavy atom. The van der Waals surface area contributed by atoms with Crippen LogP contribution in [0.25, 0.3) is 11.0 Å².